The van der Waals surface area contributed by atoms with Crippen molar-refractivity contribution in [3.8, 4) is 0 Å². The quantitative estimate of drug-likeness (QED) is 0.774. The van der Waals surface area contributed by atoms with Crippen LogP contribution < -0.4 is 5.32 Å². The monoisotopic (exact) mass is 259 g/mol. The van der Waals surface area contributed by atoms with E-state index in [4.69, 9.17) is 0 Å². The summed E-state index contributed by atoms with van der Waals surface area (Å²) in [4.78, 5) is 1.41. The van der Waals surface area contributed by atoms with Crippen LogP contribution in [0.4, 0.5) is 0 Å². The van der Waals surface area contributed by atoms with E-state index in [9.17, 15) is 0 Å². The summed E-state index contributed by atoms with van der Waals surface area (Å²) in [6.45, 7) is 4.49. The van der Waals surface area contributed by atoms with Gasteiger partial charge in [-0.05, 0) is 30.4 Å². The normalized spacial score (nSPS) is 14.3. The van der Waals surface area contributed by atoms with Crippen molar-refractivity contribution in [1.29, 1.82) is 0 Å². The molecule has 0 aliphatic heterocycles. The summed E-state index contributed by atoms with van der Waals surface area (Å²) in [5, 5.41) is 5.89. The lowest BCUT2D eigenvalue weighted by Gasteiger charge is -2.23. The maximum atomic E-state index is 3.75. The van der Waals surface area contributed by atoms with Crippen LogP contribution in [0.2, 0.25) is 0 Å². The van der Waals surface area contributed by atoms with E-state index < -0.39 is 0 Å². The molecule has 0 spiro atoms. The van der Waals surface area contributed by atoms with Crippen LogP contribution in [0.1, 0.15) is 49.2 Å². The summed E-state index contributed by atoms with van der Waals surface area (Å²) in [6.07, 6.45) is 2.38. The second kappa shape index (κ2) is 6.72. The minimum Gasteiger partial charge on any atom is -0.303 e. The molecule has 2 atom stereocenters. The number of rotatable bonds is 6. The predicted octanol–water partition coefficient (Wildman–Crippen LogP) is 4.94. The maximum Gasteiger partial charge on any atom is 0.0391 e. The highest BCUT2D eigenvalue weighted by Gasteiger charge is 2.14. The molecule has 1 aromatic heterocycles. The van der Waals surface area contributed by atoms with Gasteiger partial charge in [-0.2, -0.15) is 0 Å². The number of hydrogen-bond acceptors (Lipinski definition) is 2. The molecular weight excluding hydrogens is 238 g/mol. The third-order valence-corrected chi connectivity index (χ3v) is 4.26. The zero-order chi connectivity index (χ0) is 12.8. The van der Waals surface area contributed by atoms with Crippen LogP contribution in [0.5, 0.6) is 0 Å². The molecule has 2 rings (SSSR count). The molecule has 0 bridgehead atoms. The van der Waals surface area contributed by atoms with E-state index in [1.807, 2.05) is 11.3 Å². The second-order valence-electron chi connectivity index (χ2n) is 4.66. The van der Waals surface area contributed by atoms with Crippen molar-refractivity contribution in [2.75, 3.05) is 0 Å². The second-order valence-corrected chi connectivity index (χ2v) is 5.63. The molecule has 0 amide bonds. The van der Waals surface area contributed by atoms with Crippen molar-refractivity contribution in [2.24, 2.45) is 0 Å². The molecule has 0 radical (unpaired) electrons. The van der Waals surface area contributed by atoms with Gasteiger partial charge < -0.3 is 5.32 Å². The van der Waals surface area contributed by atoms with E-state index in [1.165, 1.54) is 23.3 Å². The number of nitrogens with one attached hydrogen (secondary N) is 1. The van der Waals surface area contributed by atoms with Gasteiger partial charge in [0.15, 0.2) is 0 Å². The fourth-order valence-corrected chi connectivity index (χ4v) is 2.99. The van der Waals surface area contributed by atoms with Gasteiger partial charge in [-0.1, -0.05) is 49.7 Å². The summed E-state index contributed by atoms with van der Waals surface area (Å²) in [6, 6.07) is 15.9. The van der Waals surface area contributed by atoms with Crippen molar-refractivity contribution in [1.82, 2.24) is 5.32 Å². The van der Waals surface area contributed by atoms with E-state index >= 15 is 0 Å². The Kier molecular flexibility index (Phi) is 4.97. The Labute approximate surface area is 114 Å². The van der Waals surface area contributed by atoms with E-state index in [2.05, 4.69) is 67.0 Å². The summed E-state index contributed by atoms with van der Waals surface area (Å²) in [5.41, 5.74) is 1.39. The van der Waals surface area contributed by atoms with Gasteiger partial charge in [0.2, 0.25) is 0 Å². The van der Waals surface area contributed by atoms with Crippen molar-refractivity contribution in [3.05, 3.63) is 58.3 Å². The van der Waals surface area contributed by atoms with Crippen molar-refractivity contribution >= 4 is 11.3 Å². The molecule has 2 unspecified atom stereocenters. The first-order chi connectivity index (χ1) is 8.81. The van der Waals surface area contributed by atoms with Crippen molar-refractivity contribution in [3.63, 3.8) is 0 Å². The summed E-state index contributed by atoms with van der Waals surface area (Å²) in [7, 11) is 0. The molecule has 18 heavy (non-hydrogen) atoms. The van der Waals surface area contributed by atoms with Gasteiger partial charge in [-0.15, -0.1) is 11.3 Å². The number of benzene rings is 1. The maximum absolute atomic E-state index is 3.75. The largest absolute Gasteiger partial charge is 0.303 e. The van der Waals surface area contributed by atoms with E-state index in [1.54, 1.807) is 0 Å². The van der Waals surface area contributed by atoms with Crippen LogP contribution in [0.15, 0.2) is 47.8 Å². The van der Waals surface area contributed by atoms with Crippen LogP contribution in [0.25, 0.3) is 0 Å². The van der Waals surface area contributed by atoms with Crippen LogP contribution in [0.3, 0.4) is 0 Å². The van der Waals surface area contributed by atoms with Crippen molar-refractivity contribution < 1.29 is 0 Å². The molecule has 1 N–H and O–H groups in total. The first kappa shape index (κ1) is 13.3. The number of thiophene rings is 1. The van der Waals surface area contributed by atoms with Gasteiger partial charge in [-0.3, -0.25) is 0 Å². The van der Waals surface area contributed by atoms with Gasteiger partial charge in [0.25, 0.3) is 0 Å². The van der Waals surface area contributed by atoms with Gasteiger partial charge in [0.05, 0.1) is 0 Å². The molecule has 1 aromatic carbocycles. The molecule has 0 saturated heterocycles. The topological polar surface area (TPSA) is 12.0 Å². The predicted molar refractivity (Wildman–Crippen MR) is 80.0 cm³/mol. The molecule has 0 fully saturated rings. The zero-order valence-corrected chi connectivity index (χ0v) is 11.9. The zero-order valence-electron chi connectivity index (χ0n) is 11.1. The van der Waals surface area contributed by atoms with Gasteiger partial charge in [0, 0.05) is 17.0 Å². The Hall–Kier alpha value is -1.12. The average Bonchev–Trinajstić information content (AvgIpc) is 2.93. The molecule has 0 aliphatic rings. The highest BCUT2D eigenvalue weighted by atomic mass is 32.1. The van der Waals surface area contributed by atoms with Crippen molar-refractivity contribution in [2.45, 2.75) is 38.8 Å². The average molecular weight is 259 g/mol. The molecule has 2 heteroatoms. The van der Waals surface area contributed by atoms with Gasteiger partial charge >= 0.3 is 0 Å². The van der Waals surface area contributed by atoms with Gasteiger partial charge in [0.1, 0.15) is 0 Å². The first-order valence-corrected chi connectivity index (χ1v) is 7.53. The van der Waals surface area contributed by atoms with Crippen LogP contribution in [0, 0.1) is 0 Å². The highest BCUT2D eigenvalue weighted by Crippen LogP contribution is 2.25. The molecule has 0 aliphatic carbocycles. The third-order valence-electron chi connectivity index (χ3n) is 3.20. The lowest BCUT2D eigenvalue weighted by molar-refractivity contribution is 0.443. The lowest BCUT2D eigenvalue weighted by atomic mass is 10.0. The minimum absolute atomic E-state index is 0.418. The third kappa shape index (κ3) is 3.44. The summed E-state index contributed by atoms with van der Waals surface area (Å²) in [5.74, 6) is 0. The molecule has 1 heterocycles. The molecule has 1 nitrogen and oxygen atoms in total. The standard InChI is InChI=1S/C16H21NS/c1-3-8-15(14-9-5-4-6-10-14)17-13(2)16-11-7-12-18-16/h4-7,9-13,15,17H,3,8H2,1-2H3. The first-order valence-electron chi connectivity index (χ1n) is 6.65. The summed E-state index contributed by atoms with van der Waals surface area (Å²) < 4.78 is 0. The Balaban J connectivity index is 2.07. The van der Waals surface area contributed by atoms with E-state index in [-0.39, 0.29) is 0 Å². The minimum atomic E-state index is 0.418. The smallest absolute Gasteiger partial charge is 0.0391 e. The molecule has 0 saturated carbocycles. The Bertz CT molecular complexity index is 435. The fourth-order valence-electron chi connectivity index (χ4n) is 2.24. The summed E-state index contributed by atoms with van der Waals surface area (Å²) >= 11 is 1.82. The molecular formula is C16H21NS. The van der Waals surface area contributed by atoms with Crippen LogP contribution in [-0.2, 0) is 0 Å². The Morgan fingerprint density at radius 2 is 1.89 bits per heavy atom. The lowest BCUT2D eigenvalue weighted by Crippen LogP contribution is -2.24. The van der Waals surface area contributed by atoms with E-state index in [0.717, 1.165) is 0 Å². The Morgan fingerprint density at radius 3 is 2.50 bits per heavy atom. The highest BCUT2D eigenvalue weighted by molar-refractivity contribution is 7.10. The Morgan fingerprint density at radius 1 is 1.11 bits per heavy atom. The van der Waals surface area contributed by atoms with Crippen LogP contribution in [-0.4, -0.2) is 0 Å². The molecule has 2 aromatic rings. The fraction of sp³-hybridized carbons (Fsp3) is 0.375. The number of hydrogen-bond donors (Lipinski definition) is 1. The van der Waals surface area contributed by atoms with E-state index in [0.29, 0.717) is 12.1 Å². The van der Waals surface area contributed by atoms with Crippen LogP contribution >= 0.6 is 11.3 Å². The molecule has 96 valence electrons. The SMILES string of the molecule is CCCC(NC(C)c1cccs1)c1ccccc1. The van der Waals surface area contributed by atoms with Gasteiger partial charge in [-0.25, -0.2) is 0 Å².